The SMILES string of the molecule is CC1=NC2=C(C(=O)CCC2)[C@@H](c2cccc(Br)c2)C1C(=O)OCc1ccccc1. The van der Waals surface area contributed by atoms with Crippen molar-refractivity contribution in [2.45, 2.75) is 38.7 Å². The van der Waals surface area contributed by atoms with Gasteiger partial charge in [0.2, 0.25) is 0 Å². The monoisotopic (exact) mass is 451 g/mol. The van der Waals surface area contributed by atoms with Crippen molar-refractivity contribution in [3.8, 4) is 0 Å². The minimum Gasteiger partial charge on any atom is -0.460 e. The van der Waals surface area contributed by atoms with Gasteiger partial charge in [0.05, 0.1) is 0 Å². The molecule has 2 aromatic carbocycles. The van der Waals surface area contributed by atoms with Gasteiger partial charge in [-0.15, -0.1) is 0 Å². The molecule has 4 rings (SSSR count). The van der Waals surface area contributed by atoms with E-state index in [2.05, 4.69) is 20.9 Å². The number of benzene rings is 2. The van der Waals surface area contributed by atoms with Gasteiger partial charge in [-0.1, -0.05) is 58.4 Å². The maximum Gasteiger partial charge on any atom is 0.315 e. The predicted octanol–water partition coefficient (Wildman–Crippen LogP) is 5.37. The molecule has 0 aromatic heterocycles. The van der Waals surface area contributed by atoms with Crippen molar-refractivity contribution in [2.75, 3.05) is 0 Å². The molecule has 0 saturated carbocycles. The number of allylic oxidation sites excluding steroid dienone is 2. The zero-order chi connectivity index (χ0) is 20.4. The van der Waals surface area contributed by atoms with Crippen LogP contribution in [0.2, 0.25) is 0 Å². The number of aliphatic imine (C=N–C) groups is 1. The van der Waals surface area contributed by atoms with Crippen molar-refractivity contribution in [3.05, 3.63) is 81.5 Å². The molecule has 1 aliphatic carbocycles. The summed E-state index contributed by atoms with van der Waals surface area (Å²) in [5.41, 5.74) is 4.08. The van der Waals surface area contributed by atoms with Crippen LogP contribution in [0.25, 0.3) is 0 Å². The summed E-state index contributed by atoms with van der Waals surface area (Å²) in [5, 5.41) is 0. The first kappa shape index (κ1) is 19.8. The van der Waals surface area contributed by atoms with Gasteiger partial charge in [-0.3, -0.25) is 14.6 Å². The first-order valence-electron chi connectivity index (χ1n) is 9.82. The molecule has 1 aliphatic heterocycles. The highest BCUT2D eigenvalue weighted by atomic mass is 79.9. The van der Waals surface area contributed by atoms with Gasteiger partial charge in [0, 0.05) is 33.8 Å². The lowest BCUT2D eigenvalue weighted by molar-refractivity contribution is -0.148. The normalized spacial score (nSPS) is 21.4. The van der Waals surface area contributed by atoms with Gasteiger partial charge in [0.15, 0.2) is 5.78 Å². The summed E-state index contributed by atoms with van der Waals surface area (Å²) in [7, 11) is 0. The van der Waals surface area contributed by atoms with Crippen LogP contribution in [-0.4, -0.2) is 17.5 Å². The molecule has 1 heterocycles. The Kier molecular flexibility index (Phi) is 5.76. The van der Waals surface area contributed by atoms with Gasteiger partial charge < -0.3 is 4.74 Å². The largest absolute Gasteiger partial charge is 0.460 e. The van der Waals surface area contributed by atoms with Gasteiger partial charge in [0.1, 0.15) is 12.5 Å². The minimum atomic E-state index is -0.603. The smallest absolute Gasteiger partial charge is 0.315 e. The summed E-state index contributed by atoms with van der Waals surface area (Å²) < 4.78 is 6.58. The zero-order valence-corrected chi connectivity index (χ0v) is 17.8. The zero-order valence-electron chi connectivity index (χ0n) is 16.2. The molecule has 2 atom stereocenters. The van der Waals surface area contributed by atoms with E-state index in [0.29, 0.717) is 17.7 Å². The first-order valence-corrected chi connectivity index (χ1v) is 10.6. The number of ether oxygens (including phenoxy) is 1. The van der Waals surface area contributed by atoms with Gasteiger partial charge >= 0.3 is 5.97 Å². The highest BCUT2D eigenvalue weighted by Gasteiger charge is 2.43. The number of nitrogens with zero attached hydrogens (tertiary/aromatic N) is 1. The highest BCUT2D eigenvalue weighted by molar-refractivity contribution is 9.10. The lowest BCUT2D eigenvalue weighted by Crippen LogP contribution is -2.37. The molecule has 0 radical (unpaired) electrons. The summed E-state index contributed by atoms with van der Waals surface area (Å²) >= 11 is 3.52. The second-order valence-corrected chi connectivity index (χ2v) is 8.41. The summed E-state index contributed by atoms with van der Waals surface area (Å²) in [4.78, 5) is 30.7. The average Bonchev–Trinajstić information content (AvgIpc) is 2.72. The standard InChI is InChI=1S/C24H22BrNO3/c1-15-21(24(28)29-14-16-7-3-2-4-8-16)22(17-9-5-10-18(25)13-17)23-19(26-15)11-6-12-20(23)27/h2-5,7-10,13,21-22H,6,11-12,14H2,1H3/t21?,22-/m0/s1. The summed E-state index contributed by atoms with van der Waals surface area (Å²) in [6.07, 6.45) is 2.08. The van der Waals surface area contributed by atoms with Crippen LogP contribution >= 0.6 is 15.9 Å². The Bertz CT molecular complexity index is 1010. The molecule has 5 heteroatoms. The lowest BCUT2D eigenvalue weighted by Gasteiger charge is -2.34. The van der Waals surface area contributed by atoms with Crippen molar-refractivity contribution in [2.24, 2.45) is 10.9 Å². The van der Waals surface area contributed by atoms with E-state index < -0.39 is 5.92 Å². The van der Waals surface area contributed by atoms with Crippen molar-refractivity contribution >= 4 is 33.4 Å². The number of hydrogen-bond acceptors (Lipinski definition) is 4. The number of carbonyl (C=O) groups is 2. The summed E-state index contributed by atoms with van der Waals surface area (Å²) in [6, 6.07) is 17.4. The Morgan fingerprint density at radius 1 is 1.14 bits per heavy atom. The maximum atomic E-state index is 13.2. The topological polar surface area (TPSA) is 55.7 Å². The fourth-order valence-electron chi connectivity index (χ4n) is 4.19. The minimum absolute atomic E-state index is 0.0911. The summed E-state index contributed by atoms with van der Waals surface area (Å²) in [6.45, 7) is 2.07. The quantitative estimate of drug-likeness (QED) is 0.586. The average molecular weight is 452 g/mol. The van der Waals surface area contributed by atoms with Crippen LogP contribution in [-0.2, 0) is 20.9 Å². The van der Waals surface area contributed by atoms with Crippen molar-refractivity contribution in [3.63, 3.8) is 0 Å². The van der Waals surface area contributed by atoms with Crippen LogP contribution in [0.1, 0.15) is 43.2 Å². The van der Waals surface area contributed by atoms with E-state index in [1.165, 1.54) is 0 Å². The van der Waals surface area contributed by atoms with Crippen LogP contribution in [0.4, 0.5) is 0 Å². The molecule has 0 N–H and O–H groups in total. The van der Waals surface area contributed by atoms with E-state index >= 15 is 0 Å². The Hall–Kier alpha value is -2.53. The molecule has 0 amide bonds. The van der Waals surface area contributed by atoms with Crippen LogP contribution in [0.3, 0.4) is 0 Å². The van der Waals surface area contributed by atoms with E-state index in [1.807, 2.05) is 61.5 Å². The number of carbonyl (C=O) groups excluding carboxylic acids is 2. The van der Waals surface area contributed by atoms with Gasteiger partial charge in [-0.25, -0.2) is 0 Å². The van der Waals surface area contributed by atoms with E-state index in [4.69, 9.17) is 4.74 Å². The highest BCUT2D eigenvalue weighted by Crippen LogP contribution is 2.44. The molecule has 0 saturated heterocycles. The third-order valence-corrected chi connectivity index (χ3v) is 6.01. The molecule has 0 spiro atoms. The third-order valence-electron chi connectivity index (χ3n) is 5.52. The van der Waals surface area contributed by atoms with Crippen LogP contribution < -0.4 is 0 Å². The number of rotatable bonds is 4. The Morgan fingerprint density at radius 2 is 1.93 bits per heavy atom. The number of hydrogen-bond donors (Lipinski definition) is 0. The molecule has 2 aliphatic rings. The molecule has 4 nitrogen and oxygen atoms in total. The predicted molar refractivity (Wildman–Crippen MR) is 116 cm³/mol. The second kappa shape index (κ2) is 8.46. The van der Waals surface area contributed by atoms with Crippen molar-refractivity contribution < 1.29 is 14.3 Å². The number of Topliss-reactive ketones (excluding diaryl/α,β-unsaturated/α-hetero) is 1. The van der Waals surface area contributed by atoms with Crippen LogP contribution in [0.15, 0.2) is 75.3 Å². The van der Waals surface area contributed by atoms with E-state index in [1.54, 1.807) is 0 Å². The fraction of sp³-hybridized carbons (Fsp3) is 0.292. The van der Waals surface area contributed by atoms with Gasteiger partial charge in [-0.2, -0.15) is 0 Å². The van der Waals surface area contributed by atoms with Crippen LogP contribution in [0.5, 0.6) is 0 Å². The van der Waals surface area contributed by atoms with E-state index in [0.717, 1.165) is 34.1 Å². The third kappa shape index (κ3) is 4.10. The molecule has 0 bridgehead atoms. The molecule has 29 heavy (non-hydrogen) atoms. The molecule has 1 unspecified atom stereocenters. The number of ketones is 1. The van der Waals surface area contributed by atoms with Gasteiger partial charge in [0.25, 0.3) is 0 Å². The maximum absolute atomic E-state index is 13.2. The Morgan fingerprint density at radius 3 is 2.69 bits per heavy atom. The van der Waals surface area contributed by atoms with E-state index in [-0.39, 0.29) is 24.3 Å². The van der Waals surface area contributed by atoms with Gasteiger partial charge in [-0.05, 0) is 43.0 Å². The summed E-state index contributed by atoms with van der Waals surface area (Å²) in [5.74, 6) is -1.22. The fourth-order valence-corrected chi connectivity index (χ4v) is 4.61. The van der Waals surface area contributed by atoms with E-state index in [9.17, 15) is 9.59 Å². The number of halogens is 1. The molecular weight excluding hydrogens is 430 g/mol. The Balaban J connectivity index is 1.70. The van der Waals surface area contributed by atoms with Crippen molar-refractivity contribution in [1.82, 2.24) is 0 Å². The van der Waals surface area contributed by atoms with Crippen LogP contribution in [0, 0.1) is 5.92 Å². The second-order valence-electron chi connectivity index (χ2n) is 7.49. The number of esters is 1. The lowest BCUT2D eigenvalue weighted by atomic mass is 9.72. The van der Waals surface area contributed by atoms with Crippen molar-refractivity contribution in [1.29, 1.82) is 0 Å². The molecule has 2 aromatic rings. The molecule has 0 fully saturated rings. The first-order chi connectivity index (χ1) is 14.0. The molecule has 148 valence electrons. The Labute approximate surface area is 178 Å². The molecular formula is C24H22BrNO3.